The Labute approximate surface area is 135 Å². The molecule has 3 nitrogen and oxygen atoms in total. The van der Waals surface area contributed by atoms with E-state index < -0.39 is 35.8 Å². The quantitative estimate of drug-likeness (QED) is 0.533. The van der Waals surface area contributed by atoms with Crippen LogP contribution in [0.25, 0.3) is 0 Å². The topological polar surface area (TPSA) is 29.5 Å². The lowest BCUT2D eigenvalue weighted by Gasteiger charge is -2.27. The number of likely N-dealkylation sites (N-methyl/N-ethyl adjacent to an activating group) is 1. The minimum atomic E-state index is -4.84. The summed E-state index contributed by atoms with van der Waals surface area (Å²) in [7, 11) is 1.61. The van der Waals surface area contributed by atoms with Gasteiger partial charge in [0.2, 0.25) is 0 Å². The van der Waals surface area contributed by atoms with E-state index in [9.17, 15) is 31.1 Å². The van der Waals surface area contributed by atoms with Crippen molar-refractivity contribution >= 4 is 6.47 Å². The zero-order chi connectivity index (χ0) is 18.5. The maximum atomic E-state index is 13.0. The number of alkyl halides is 6. The molecule has 0 fully saturated rings. The summed E-state index contributed by atoms with van der Waals surface area (Å²) in [5, 5.41) is 0. The molecule has 0 N–H and O–H groups in total. The van der Waals surface area contributed by atoms with Crippen LogP contribution < -0.4 is 0 Å². The normalized spacial score (nSPS) is 21.0. The predicted molar refractivity (Wildman–Crippen MR) is 75.1 cm³/mol. The molecule has 0 aromatic rings. The van der Waals surface area contributed by atoms with Crippen LogP contribution in [0.2, 0.25) is 0 Å². The first kappa shape index (κ1) is 20.5. The number of hydrogen-bond acceptors (Lipinski definition) is 3. The van der Waals surface area contributed by atoms with Gasteiger partial charge in [-0.15, -0.1) is 0 Å². The monoisotopic (exact) mass is 359 g/mol. The number of halogens is 6. The van der Waals surface area contributed by atoms with Crippen LogP contribution in [0, 0.1) is 5.92 Å². The molecule has 1 aliphatic rings. The highest BCUT2D eigenvalue weighted by Gasteiger charge is 2.40. The van der Waals surface area contributed by atoms with Crippen LogP contribution in [-0.2, 0) is 9.53 Å². The van der Waals surface area contributed by atoms with Crippen molar-refractivity contribution in [2.45, 2.75) is 38.2 Å². The predicted octanol–water partition coefficient (Wildman–Crippen LogP) is 3.87. The molecule has 0 aromatic heterocycles. The van der Waals surface area contributed by atoms with Crippen molar-refractivity contribution < 1.29 is 35.9 Å². The number of carbonyl (C=O) groups excluding carboxylic acids is 1. The molecular weight excluding hydrogens is 340 g/mol. The molecule has 138 valence electrons. The van der Waals surface area contributed by atoms with Gasteiger partial charge in [-0.2, -0.15) is 26.3 Å². The molecule has 0 heterocycles. The van der Waals surface area contributed by atoms with Crippen LogP contribution in [0.4, 0.5) is 26.3 Å². The molecule has 0 bridgehead atoms. The third-order valence-corrected chi connectivity index (χ3v) is 3.90. The molecule has 0 radical (unpaired) electrons. The number of hydrogen-bond donors (Lipinski definition) is 0. The fourth-order valence-corrected chi connectivity index (χ4v) is 2.39. The summed E-state index contributed by atoms with van der Waals surface area (Å²) >= 11 is 0. The Morgan fingerprint density at radius 2 is 1.92 bits per heavy atom. The summed E-state index contributed by atoms with van der Waals surface area (Å²) in [5.41, 5.74) is -2.45. The second-order valence-corrected chi connectivity index (χ2v) is 5.80. The molecule has 0 amide bonds. The average Bonchev–Trinajstić information content (AvgIpc) is 2.66. The van der Waals surface area contributed by atoms with Crippen molar-refractivity contribution in [3.05, 3.63) is 23.3 Å². The van der Waals surface area contributed by atoms with Crippen LogP contribution in [-0.4, -0.2) is 50.0 Å². The van der Waals surface area contributed by atoms with Gasteiger partial charge in [0.15, 0.2) is 0 Å². The molecule has 1 rings (SSSR count). The van der Waals surface area contributed by atoms with Gasteiger partial charge in [-0.25, -0.2) is 0 Å². The molecule has 1 aliphatic carbocycles. The fraction of sp³-hybridized carbons (Fsp3) is 0.667. The summed E-state index contributed by atoms with van der Waals surface area (Å²) < 4.78 is 81.9. The van der Waals surface area contributed by atoms with Crippen molar-refractivity contribution in [3.8, 4) is 0 Å². The smallest absolute Gasteiger partial charge is 0.416 e. The molecule has 9 heteroatoms. The molecule has 2 unspecified atom stereocenters. The number of allylic oxidation sites excluding steroid dienone is 3. The summed E-state index contributed by atoms with van der Waals surface area (Å²) in [6, 6.07) is -0.267. The molecule has 24 heavy (non-hydrogen) atoms. The second kappa shape index (κ2) is 8.04. The van der Waals surface area contributed by atoms with Crippen molar-refractivity contribution in [1.82, 2.24) is 4.90 Å². The second-order valence-electron chi connectivity index (χ2n) is 5.80. The first-order valence-corrected chi connectivity index (χ1v) is 7.27. The Balaban J connectivity index is 2.91. The van der Waals surface area contributed by atoms with E-state index in [1.165, 1.54) is 0 Å². The zero-order valence-electron chi connectivity index (χ0n) is 13.2. The third kappa shape index (κ3) is 6.18. The molecule has 0 saturated heterocycles. The number of carbonyl (C=O) groups is 1. The Hall–Kier alpha value is -1.51. The molecule has 2 atom stereocenters. The molecule has 0 aliphatic heterocycles. The lowest BCUT2D eigenvalue weighted by atomic mass is 10.00. The number of rotatable bonds is 6. The molecule has 0 saturated carbocycles. The van der Waals surface area contributed by atoms with E-state index in [0.29, 0.717) is 0 Å². The standard InChI is InChI=1S/C15H19F6NO2/c1-10(8-24-9-23)22(2)7-11-3-4-12(14(16,17)18)6-13(5-11)15(19,20)21/h5-6,9-11H,3-4,7-8H2,1-2H3. The molecular formula is C15H19F6NO2. The summed E-state index contributed by atoms with van der Waals surface area (Å²) in [6.45, 7) is 2.14. The van der Waals surface area contributed by atoms with E-state index in [1.807, 2.05) is 0 Å². The van der Waals surface area contributed by atoms with E-state index in [1.54, 1.807) is 18.9 Å². The van der Waals surface area contributed by atoms with Gasteiger partial charge in [-0.3, -0.25) is 9.69 Å². The third-order valence-electron chi connectivity index (χ3n) is 3.90. The van der Waals surface area contributed by atoms with Gasteiger partial charge >= 0.3 is 12.4 Å². The zero-order valence-corrected chi connectivity index (χ0v) is 13.2. The van der Waals surface area contributed by atoms with E-state index in [0.717, 1.165) is 6.08 Å². The number of nitrogens with zero attached hydrogens (tertiary/aromatic N) is 1. The lowest BCUT2D eigenvalue weighted by Crippen LogP contribution is -2.36. The maximum absolute atomic E-state index is 13.0. The highest BCUT2D eigenvalue weighted by atomic mass is 19.4. The minimum Gasteiger partial charge on any atom is -0.466 e. The van der Waals surface area contributed by atoms with E-state index >= 15 is 0 Å². The van der Waals surface area contributed by atoms with Crippen molar-refractivity contribution in [2.75, 3.05) is 20.2 Å². The van der Waals surface area contributed by atoms with Gasteiger partial charge in [0, 0.05) is 18.2 Å². The van der Waals surface area contributed by atoms with E-state index in [-0.39, 0.29) is 38.2 Å². The van der Waals surface area contributed by atoms with Crippen molar-refractivity contribution in [3.63, 3.8) is 0 Å². The SMILES string of the molecule is CC(COC=O)N(C)CC1C=C(C(F)(F)F)C=C(C(F)(F)F)CC1. The number of ether oxygens (including phenoxy) is 1. The first-order valence-electron chi connectivity index (χ1n) is 7.27. The average molecular weight is 359 g/mol. The Bertz CT molecular complexity index is 495. The van der Waals surface area contributed by atoms with Crippen molar-refractivity contribution in [2.24, 2.45) is 5.92 Å². The molecule has 0 aromatic carbocycles. The van der Waals surface area contributed by atoms with Crippen molar-refractivity contribution in [1.29, 1.82) is 0 Å². The van der Waals surface area contributed by atoms with Crippen LogP contribution in [0.5, 0.6) is 0 Å². The fourth-order valence-electron chi connectivity index (χ4n) is 2.39. The van der Waals surface area contributed by atoms with Gasteiger partial charge in [0.25, 0.3) is 6.47 Å². The minimum absolute atomic E-state index is 0.0451. The lowest BCUT2D eigenvalue weighted by molar-refractivity contribution is -0.130. The largest absolute Gasteiger partial charge is 0.466 e. The summed E-state index contributed by atoms with van der Waals surface area (Å²) in [4.78, 5) is 11.8. The molecule has 0 spiro atoms. The van der Waals surface area contributed by atoms with Gasteiger partial charge in [-0.05, 0) is 38.8 Å². The van der Waals surface area contributed by atoms with Crippen LogP contribution in [0.15, 0.2) is 23.3 Å². The summed E-state index contributed by atoms with van der Waals surface area (Å²) in [5.74, 6) is -0.693. The van der Waals surface area contributed by atoms with Gasteiger partial charge in [0.1, 0.15) is 6.61 Å². The van der Waals surface area contributed by atoms with Crippen LogP contribution >= 0.6 is 0 Å². The summed E-state index contributed by atoms with van der Waals surface area (Å²) in [6.07, 6.45) is -9.10. The van der Waals surface area contributed by atoms with E-state index in [2.05, 4.69) is 4.74 Å². The van der Waals surface area contributed by atoms with Crippen LogP contribution in [0.3, 0.4) is 0 Å². The van der Waals surface area contributed by atoms with Crippen LogP contribution in [0.1, 0.15) is 19.8 Å². The first-order chi connectivity index (χ1) is 10.9. The Kier molecular flexibility index (Phi) is 6.88. The highest BCUT2D eigenvalue weighted by molar-refractivity contribution is 5.37. The van der Waals surface area contributed by atoms with Gasteiger partial charge in [-0.1, -0.05) is 6.08 Å². The van der Waals surface area contributed by atoms with Gasteiger partial charge < -0.3 is 4.74 Å². The Morgan fingerprint density at radius 3 is 2.42 bits per heavy atom. The van der Waals surface area contributed by atoms with Gasteiger partial charge in [0.05, 0.1) is 5.57 Å². The highest BCUT2D eigenvalue weighted by Crippen LogP contribution is 2.38. The maximum Gasteiger partial charge on any atom is 0.416 e. The Morgan fingerprint density at radius 1 is 1.29 bits per heavy atom. The van der Waals surface area contributed by atoms with E-state index in [4.69, 9.17) is 0 Å².